The maximum atomic E-state index is 11.2. The molecule has 0 saturated carbocycles. The van der Waals surface area contributed by atoms with Gasteiger partial charge in [0.2, 0.25) is 0 Å². The average Bonchev–Trinajstić information content (AvgIpc) is 2.73. The molecule has 0 N–H and O–H groups in total. The average molecular weight is 190 g/mol. The van der Waals surface area contributed by atoms with E-state index >= 15 is 0 Å². The predicted molar refractivity (Wildman–Crippen MR) is 54.0 cm³/mol. The van der Waals surface area contributed by atoms with E-state index in [4.69, 9.17) is 0 Å². The summed E-state index contributed by atoms with van der Waals surface area (Å²) in [7, 11) is -1.45. The van der Waals surface area contributed by atoms with Crippen LogP contribution in [0.5, 0.6) is 0 Å². The quantitative estimate of drug-likeness (QED) is 0.490. The Hall–Kier alpha value is 0.367. The van der Waals surface area contributed by atoms with Gasteiger partial charge in [-0.05, 0) is 0 Å². The molecule has 1 nitrogen and oxygen atoms in total. The van der Waals surface area contributed by atoms with Crippen LogP contribution in [0.15, 0.2) is 0 Å². The van der Waals surface area contributed by atoms with Crippen molar-refractivity contribution in [2.24, 2.45) is 0 Å². The maximum absolute atomic E-state index is 11.2. The summed E-state index contributed by atoms with van der Waals surface area (Å²) in [6.07, 6.45) is 0. The van der Waals surface area contributed by atoms with Crippen LogP contribution in [-0.2, 0) is 10.8 Å². The van der Waals surface area contributed by atoms with Crippen molar-refractivity contribution in [1.29, 1.82) is 0 Å². The second kappa shape index (κ2) is 3.40. The first-order valence-corrected chi connectivity index (χ1v) is 8.65. The summed E-state index contributed by atoms with van der Waals surface area (Å²) < 4.78 is 11.2. The molecule has 1 heterocycles. The molecule has 1 rings (SSSR count). The molecule has 1 saturated heterocycles. The van der Waals surface area contributed by atoms with E-state index < -0.39 is 18.9 Å². The molecule has 1 aliphatic heterocycles. The summed E-state index contributed by atoms with van der Waals surface area (Å²) in [6, 6.07) is 3.99. The van der Waals surface area contributed by atoms with Gasteiger partial charge in [0.1, 0.15) is 0 Å². The SMILES string of the molecule is CC[Si](CC)(CC)[C@@H]1CS1=O. The van der Waals surface area contributed by atoms with Crippen LogP contribution in [-0.4, -0.2) is 22.9 Å². The second-order valence-corrected chi connectivity index (χ2v) is 11.1. The van der Waals surface area contributed by atoms with E-state index in [1.165, 1.54) is 18.1 Å². The molecule has 11 heavy (non-hydrogen) atoms. The molecule has 0 bridgehead atoms. The number of hydrogen-bond donors (Lipinski definition) is 0. The highest BCUT2D eigenvalue weighted by atomic mass is 32.2. The molecular weight excluding hydrogens is 172 g/mol. The van der Waals surface area contributed by atoms with Gasteiger partial charge in [-0.3, -0.25) is 4.21 Å². The van der Waals surface area contributed by atoms with Gasteiger partial charge in [-0.15, -0.1) is 0 Å². The van der Waals surface area contributed by atoms with Crippen molar-refractivity contribution in [2.45, 2.75) is 43.8 Å². The Balaban J connectivity index is 2.64. The van der Waals surface area contributed by atoms with Crippen LogP contribution < -0.4 is 0 Å². The summed E-state index contributed by atoms with van der Waals surface area (Å²) in [4.78, 5) is 0.669. The van der Waals surface area contributed by atoms with Gasteiger partial charge in [0.15, 0.2) is 0 Å². The molecule has 0 spiro atoms. The van der Waals surface area contributed by atoms with Crippen molar-refractivity contribution in [3.63, 3.8) is 0 Å². The third-order valence-corrected chi connectivity index (χ3v) is 12.7. The minimum Gasteiger partial charge on any atom is -0.260 e. The predicted octanol–water partition coefficient (Wildman–Crippen LogP) is 2.17. The van der Waals surface area contributed by atoms with Crippen molar-refractivity contribution >= 4 is 18.9 Å². The van der Waals surface area contributed by atoms with Crippen LogP contribution in [0.2, 0.25) is 18.1 Å². The molecule has 0 amide bonds. The van der Waals surface area contributed by atoms with Crippen molar-refractivity contribution in [3.8, 4) is 0 Å². The number of rotatable bonds is 4. The van der Waals surface area contributed by atoms with Gasteiger partial charge < -0.3 is 0 Å². The van der Waals surface area contributed by atoms with Crippen molar-refractivity contribution in [1.82, 2.24) is 0 Å². The highest BCUT2D eigenvalue weighted by molar-refractivity contribution is 7.95. The molecule has 0 aromatic heterocycles. The van der Waals surface area contributed by atoms with Gasteiger partial charge in [0, 0.05) is 21.4 Å². The van der Waals surface area contributed by atoms with E-state index in [1.54, 1.807) is 0 Å². The lowest BCUT2D eigenvalue weighted by atomic mass is 10.9. The minimum atomic E-state index is -1.05. The smallest absolute Gasteiger partial charge is 0.0715 e. The number of hydrogen-bond acceptors (Lipinski definition) is 1. The van der Waals surface area contributed by atoms with Crippen LogP contribution in [0.25, 0.3) is 0 Å². The van der Waals surface area contributed by atoms with Crippen LogP contribution >= 0.6 is 0 Å². The van der Waals surface area contributed by atoms with Gasteiger partial charge in [-0.25, -0.2) is 0 Å². The lowest BCUT2D eigenvalue weighted by molar-refractivity contribution is 0.694. The first-order chi connectivity index (χ1) is 5.20. The van der Waals surface area contributed by atoms with E-state index in [0.29, 0.717) is 4.87 Å². The zero-order valence-corrected chi connectivity index (χ0v) is 9.54. The van der Waals surface area contributed by atoms with E-state index in [2.05, 4.69) is 20.8 Å². The Morgan fingerprint density at radius 2 is 1.64 bits per heavy atom. The van der Waals surface area contributed by atoms with Gasteiger partial charge in [0.25, 0.3) is 0 Å². The fourth-order valence-electron chi connectivity index (χ4n) is 2.00. The molecule has 1 unspecified atom stereocenters. The van der Waals surface area contributed by atoms with E-state index in [0.717, 1.165) is 5.75 Å². The summed E-state index contributed by atoms with van der Waals surface area (Å²) in [5.74, 6) is 1.03. The second-order valence-electron chi connectivity index (χ2n) is 3.46. The molecule has 0 radical (unpaired) electrons. The van der Waals surface area contributed by atoms with Gasteiger partial charge in [-0.2, -0.15) is 0 Å². The third kappa shape index (κ3) is 1.59. The van der Waals surface area contributed by atoms with E-state index in [-0.39, 0.29) is 0 Å². The Kier molecular flexibility index (Phi) is 2.92. The van der Waals surface area contributed by atoms with Crippen LogP contribution in [0.3, 0.4) is 0 Å². The van der Waals surface area contributed by atoms with Gasteiger partial charge in [0.05, 0.1) is 8.07 Å². The topological polar surface area (TPSA) is 17.1 Å². The maximum Gasteiger partial charge on any atom is 0.0715 e. The summed E-state index contributed by atoms with van der Waals surface area (Å²) in [6.45, 7) is 6.86. The summed E-state index contributed by atoms with van der Waals surface area (Å²) >= 11 is 0. The fourth-order valence-corrected chi connectivity index (χ4v) is 10.9. The summed E-state index contributed by atoms with van der Waals surface area (Å²) in [5.41, 5.74) is 0. The zero-order valence-electron chi connectivity index (χ0n) is 7.72. The molecule has 0 aromatic carbocycles. The lowest BCUT2D eigenvalue weighted by Gasteiger charge is -2.25. The molecule has 0 aliphatic carbocycles. The fraction of sp³-hybridized carbons (Fsp3) is 1.00. The van der Waals surface area contributed by atoms with Gasteiger partial charge >= 0.3 is 0 Å². The molecule has 3 heteroatoms. The third-order valence-electron chi connectivity index (χ3n) is 3.31. The van der Waals surface area contributed by atoms with Crippen molar-refractivity contribution < 1.29 is 4.21 Å². The Morgan fingerprint density at radius 1 is 1.27 bits per heavy atom. The molecular formula is C8H18OSSi. The molecule has 2 atom stereocenters. The normalized spacial score (nSPS) is 30.5. The largest absolute Gasteiger partial charge is 0.260 e. The highest BCUT2D eigenvalue weighted by Crippen LogP contribution is 2.35. The monoisotopic (exact) mass is 190 g/mol. The summed E-state index contributed by atoms with van der Waals surface area (Å²) in [5, 5.41) is 0. The molecule has 66 valence electrons. The minimum absolute atomic E-state index is 0.406. The van der Waals surface area contributed by atoms with Crippen LogP contribution in [0, 0.1) is 0 Å². The van der Waals surface area contributed by atoms with Crippen molar-refractivity contribution in [2.75, 3.05) is 5.75 Å². The Labute approximate surface area is 73.0 Å². The zero-order chi connectivity index (χ0) is 8.48. The molecule has 1 fully saturated rings. The Morgan fingerprint density at radius 3 is 1.73 bits per heavy atom. The van der Waals surface area contributed by atoms with E-state index in [1.807, 2.05) is 0 Å². The molecule has 0 aromatic rings. The standard InChI is InChI=1S/C8H18OSSi/c1-4-11(5-2,6-3)8-7-10(8)9/h8H,4-7H2,1-3H3/t8-,10?/m1/s1. The molecule has 1 aliphatic rings. The lowest BCUT2D eigenvalue weighted by Crippen LogP contribution is -2.39. The highest BCUT2D eigenvalue weighted by Gasteiger charge is 2.49. The first kappa shape index (κ1) is 9.45. The Bertz CT molecular complexity index is 157. The first-order valence-electron chi connectivity index (χ1n) is 4.57. The van der Waals surface area contributed by atoms with Crippen molar-refractivity contribution in [3.05, 3.63) is 0 Å². The van der Waals surface area contributed by atoms with E-state index in [9.17, 15) is 4.21 Å². The van der Waals surface area contributed by atoms with Gasteiger partial charge in [-0.1, -0.05) is 38.9 Å². The van der Waals surface area contributed by atoms with Crippen LogP contribution in [0.1, 0.15) is 20.8 Å². The van der Waals surface area contributed by atoms with Crippen LogP contribution in [0.4, 0.5) is 0 Å².